The normalized spacial score (nSPS) is 13.0. The average Bonchev–Trinajstić information content (AvgIpc) is 2.91. The molecule has 0 saturated heterocycles. The fraction of sp³-hybridized carbons (Fsp3) is 0.219. The number of aliphatic imine (C=N–C) groups is 1. The van der Waals surface area contributed by atoms with Crippen LogP contribution in [0.1, 0.15) is 26.3 Å². The molecule has 184 valence electrons. The second-order valence-electron chi connectivity index (χ2n) is 9.99. The van der Waals surface area contributed by atoms with Crippen molar-refractivity contribution in [3.63, 3.8) is 0 Å². The highest BCUT2D eigenvalue weighted by Crippen LogP contribution is 2.37. The van der Waals surface area contributed by atoms with E-state index < -0.39 is 8.32 Å². The van der Waals surface area contributed by atoms with Gasteiger partial charge in [-0.15, -0.1) is 0 Å². The van der Waals surface area contributed by atoms with Crippen LogP contribution in [0.5, 0.6) is 5.75 Å². The molecule has 0 aliphatic heterocycles. The van der Waals surface area contributed by atoms with Crippen LogP contribution < -0.4 is 15.1 Å². The van der Waals surface area contributed by atoms with Gasteiger partial charge in [0.1, 0.15) is 5.75 Å². The van der Waals surface area contributed by atoms with Crippen molar-refractivity contribution >= 4 is 30.6 Å². The molecular formula is C32H35NO2Si. The van der Waals surface area contributed by atoms with Crippen molar-refractivity contribution in [2.45, 2.75) is 38.3 Å². The molecule has 0 saturated carbocycles. The molecule has 4 aromatic carbocycles. The lowest BCUT2D eigenvalue weighted by atomic mass is 10.1. The SMILES string of the molecule is COc1ccc(N=C[C@H](Cc2ccccc2)O[Si](c2ccccc2)(c2ccccc2)C(C)(C)C)cc1. The quantitative estimate of drug-likeness (QED) is 0.195. The highest BCUT2D eigenvalue weighted by atomic mass is 28.4. The standard InChI is InChI=1S/C32H35NO2Si/c1-32(2,3)36(30-16-10-6-11-17-30,31-18-12-7-13-19-31)35-29(24-26-14-8-5-9-15-26)25-33-27-20-22-28(34-4)23-21-27/h5-23,25,29H,24H2,1-4H3/t29-/m0/s1. The minimum Gasteiger partial charge on any atom is -0.497 e. The van der Waals surface area contributed by atoms with Crippen LogP contribution in [0, 0.1) is 0 Å². The molecule has 4 heteroatoms. The molecular weight excluding hydrogens is 458 g/mol. The topological polar surface area (TPSA) is 30.8 Å². The Hall–Kier alpha value is -3.47. The predicted octanol–water partition coefficient (Wildman–Crippen LogP) is 6.59. The van der Waals surface area contributed by atoms with Crippen molar-refractivity contribution < 1.29 is 9.16 Å². The van der Waals surface area contributed by atoms with E-state index in [1.54, 1.807) is 7.11 Å². The van der Waals surface area contributed by atoms with Crippen LogP contribution in [0.2, 0.25) is 5.04 Å². The summed E-state index contributed by atoms with van der Waals surface area (Å²) in [4.78, 5) is 4.85. The van der Waals surface area contributed by atoms with Gasteiger partial charge in [-0.25, -0.2) is 0 Å². The van der Waals surface area contributed by atoms with E-state index in [4.69, 9.17) is 14.2 Å². The third-order valence-electron chi connectivity index (χ3n) is 6.49. The molecule has 0 N–H and O–H groups in total. The van der Waals surface area contributed by atoms with Crippen LogP contribution in [0.15, 0.2) is 120 Å². The summed E-state index contributed by atoms with van der Waals surface area (Å²) >= 11 is 0. The van der Waals surface area contributed by atoms with Gasteiger partial charge in [0, 0.05) is 12.6 Å². The maximum atomic E-state index is 7.41. The van der Waals surface area contributed by atoms with E-state index in [0.29, 0.717) is 0 Å². The van der Waals surface area contributed by atoms with Crippen molar-refractivity contribution in [1.29, 1.82) is 0 Å². The van der Waals surface area contributed by atoms with Gasteiger partial charge in [0.2, 0.25) is 0 Å². The van der Waals surface area contributed by atoms with Gasteiger partial charge in [-0.3, -0.25) is 4.99 Å². The molecule has 0 radical (unpaired) electrons. The van der Waals surface area contributed by atoms with E-state index in [2.05, 4.69) is 106 Å². The Labute approximate surface area is 216 Å². The van der Waals surface area contributed by atoms with E-state index in [1.165, 1.54) is 15.9 Å². The summed E-state index contributed by atoms with van der Waals surface area (Å²) in [6.45, 7) is 6.91. The van der Waals surface area contributed by atoms with E-state index in [1.807, 2.05) is 36.5 Å². The zero-order valence-corrected chi connectivity index (χ0v) is 22.6. The molecule has 36 heavy (non-hydrogen) atoms. The third kappa shape index (κ3) is 5.84. The highest BCUT2D eigenvalue weighted by molar-refractivity contribution is 6.99. The van der Waals surface area contributed by atoms with Gasteiger partial charge in [0.15, 0.2) is 0 Å². The Kier molecular flexibility index (Phi) is 8.19. The first-order valence-corrected chi connectivity index (χ1v) is 14.3. The Morgan fingerprint density at radius 3 is 1.69 bits per heavy atom. The van der Waals surface area contributed by atoms with E-state index in [9.17, 15) is 0 Å². The summed E-state index contributed by atoms with van der Waals surface area (Å²) in [5.74, 6) is 0.818. The Bertz CT molecular complexity index is 1190. The Morgan fingerprint density at radius 1 is 0.722 bits per heavy atom. The average molecular weight is 494 g/mol. The molecule has 4 rings (SSSR count). The van der Waals surface area contributed by atoms with E-state index in [0.717, 1.165) is 17.9 Å². The molecule has 4 aromatic rings. The first-order chi connectivity index (χ1) is 17.4. The minimum atomic E-state index is -2.73. The molecule has 0 heterocycles. The lowest BCUT2D eigenvalue weighted by Crippen LogP contribution is -2.68. The summed E-state index contributed by atoms with van der Waals surface area (Å²) in [5.41, 5.74) is 2.10. The lowest BCUT2D eigenvalue weighted by Gasteiger charge is -2.44. The van der Waals surface area contributed by atoms with Crippen molar-refractivity contribution in [2.24, 2.45) is 4.99 Å². The van der Waals surface area contributed by atoms with Gasteiger partial charge < -0.3 is 9.16 Å². The zero-order chi connectivity index (χ0) is 25.4. The summed E-state index contributed by atoms with van der Waals surface area (Å²) in [7, 11) is -1.06. The maximum absolute atomic E-state index is 7.41. The first-order valence-electron chi connectivity index (χ1n) is 12.4. The van der Waals surface area contributed by atoms with Crippen molar-refractivity contribution in [3.05, 3.63) is 121 Å². The molecule has 1 atom stereocenters. The molecule has 0 unspecified atom stereocenters. The molecule has 0 fully saturated rings. The number of hydrogen-bond donors (Lipinski definition) is 0. The zero-order valence-electron chi connectivity index (χ0n) is 21.6. The Morgan fingerprint density at radius 2 is 1.22 bits per heavy atom. The van der Waals surface area contributed by atoms with Crippen LogP contribution in [0.3, 0.4) is 0 Å². The van der Waals surface area contributed by atoms with E-state index in [-0.39, 0.29) is 11.1 Å². The maximum Gasteiger partial charge on any atom is 0.261 e. The van der Waals surface area contributed by atoms with Crippen LogP contribution in [0.4, 0.5) is 5.69 Å². The number of nitrogens with zero attached hydrogens (tertiary/aromatic N) is 1. The largest absolute Gasteiger partial charge is 0.497 e. The van der Waals surface area contributed by atoms with Gasteiger partial charge in [-0.05, 0) is 45.2 Å². The van der Waals surface area contributed by atoms with Gasteiger partial charge in [-0.2, -0.15) is 0 Å². The molecule has 3 nitrogen and oxygen atoms in total. The van der Waals surface area contributed by atoms with Crippen molar-refractivity contribution in [1.82, 2.24) is 0 Å². The molecule has 0 amide bonds. The molecule has 0 spiro atoms. The third-order valence-corrected chi connectivity index (χ3v) is 11.5. The lowest BCUT2D eigenvalue weighted by molar-refractivity contribution is 0.254. The van der Waals surface area contributed by atoms with Gasteiger partial charge in [-0.1, -0.05) is 112 Å². The summed E-state index contributed by atoms with van der Waals surface area (Å²) in [5, 5.41) is 2.41. The summed E-state index contributed by atoms with van der Waals surface area (Å²) < 4.78 is 12.7. The second-order valence-corrected chi connectivity index (χ2v) is 14.2. The predicted molar refractivity (Wildman–Crippen MR) is 154 cm³/mol. The monoisotopic (exact) mass is 493 g/mol. The number of methoxy groups -OCH3 is 1. The minimum absolute atomic E-state index is 0.113. The number of ether oxygens (including phenoxy) is 1. The van der Waals surface area contributed by atoms with Crippen molar-refractivity contribution in [2.75, 3.05) is 7.11 Å². The second kappa shape index (κ2) is 11.5. The van der Waals surface area contributed by atoms with Gasteiger partial charge >= 0.3 is 0 Å². The summed E-state index contributed by atoms with van der Waals surface area (Å²) in [6, 6.07) is 39.8. The fourth-order valence-electron chi connectivity index (χ4n) is 4.73. The first kappa shape index (κ1) is 25.6. The number of rotatable bonds is 9. The number of hydrogen-bond acceptors (Lipinski definition) is 3. The highest BCUT2D eigenvalue weighted by Gasteiger charge is 2.51. The van der Waals surface area contributed by atoms with E-state index >= 15 is 0 Å². The number of benzene rings is 4. The molecule has 0 aromatic heterocycles. The Balaban J connectivity index is 1.80. The van der Waals surface area contributed by atoms with Crippen LogP contribution >= 0.6 is 0 Å². The smallest absolute Gasteiger partial charge is 0.261 e. The van der Waals surface area contributed by atoms with Crippen molar-refractivity contribution in [3.8, 4) is 5.75 Å². The van der Waals surface area contributed by atoms with Crippen LogP contribution in [0.25, 0.3) is 0 Å². The fourth-order valence-corrected chi connectivity index (χ4v) is 9.34. The molecule has 0 bridgehead atoms. The van der Waals surface area contributed by atoms with Crippen LogP contribution in [-0.4, -0.2) is 27.7 Å². The van der Waals surface area contributed by atoms with Gasteiger partial charge in [0.25, 0.3) is 8.32 Å². The molecule has 0 aliphatic carbocycles. The summed E-state index contributed by atoms with van der Waals surface area (Å²) in [6.07, 6.45) is 2.51. The van der Waals surface area contributed by atoms with Crippen LogP contribution in [-0.2, 0) is 10.8 Å². The molecule has 0 aliphatic rings. The van der Waals surface area contributed by atoms with Gasteiger partial charge in [0.05, 0.1) is 18.9 Å².